The van der Waals surface area contributed by atoms with Gasteiger partial charge in [0, 0.05) is 29.4 Å². The van der Waals surface area contributed by atoms with Crippen LogP contribution >= 0.6 is 0 Å². The molecule has 0 aliphatic heterocycles. The smallest absolute Gasteiger partial charge is 0.367 e. The Kier molecular flexibility index (Phi) is 12.6. The number of azo groups is 1. The first-order chi connectivity index (χ1) is 22.9. The van der Waals surface area contributed by atoms with Crippen LogP contribution in [0.15, 0.2) is 50.4 Å². The molecule has 0 atom stereocenters. The summed E-state index contributed by atoms with van der Waals surface area (Å²) in [6, 6.07) is 6.89. The summed E-state index contributed by atoms with van der Waals surface area (Å²) in [4.78, 5) is 2.63. The molecule has 2 aromatic carbocycles. The van der Waals surface area contributed by atoms with Gasteiger partial charge in [-0.05, 0) is 25.1 Å². The molecular formula is C23H26N6O16S5. The summed E-state index contributed by atoms with van der Waals surface area (Å²) in [7, 11) is -23.7. The predicted octanol–water partition coefficient (Wildman–Crippen LogP) is 1.20. The van der Waals surface area contributed by atoms with Gasteiger partial charge in [0.2, 0.25) is 0 Å². The molecule has 0 amide bonds. The molecule has 1 aromatic heterocycles. The number of nitriles is 1. The monoisotopic (exact) mass is 802 g/mol. The summed E-state index contributed by atoms with van der Waals surface area (Å²) in [6.07, 6.45) is 0. The van der Waals surface area contributed by atoms with Crippen molar-refractivity contribution >= 4 is 84.7 Å². The van der Waals surface area contributed by atoms with Crippen LogP contribution in [0.2, 0.25) is 0 Å². The number of anilines is 2. The third-order valence-electron chi connectivity index (χ3n) is 6.21. The van der Waals surface area contributed by atoms with E-state index < -0.39 is 97.6 Å². The summed E-state index contributed by atoms with van der Waals surface area (Å²) in [5, 5.41) is 22.3. The van der Waals surface area contributed by atoms with Crippen LogP contribution < -0.4 is 10.6 Å². The van der Waals surface area contributed by atoms with Crippen molar-refractivity contribution in [2.45, 2.75) is 16.7 Å². The highest BCUT2D eigenvalue weighted by molar-refractivity contribution is 7.91. The molecule has 0 aliphatic carbocycles. The van der Waals surface area contributed by atoms with Crippen molar-refractivity contribution in [3.05, 3.63) is 41.5 Å². The van der Waals surface area contributed by atoms with Crippen molar-refractivity contribution in [2.24, 2.45) is 10.2 Å². The maximum atomic E-state index is 12.4. The Morgan fingerprint density at radius 2 is 1.36 bits per heavy atom. The molecule has 22 nitrogen and oxygen atoms in total. The Labute approximate surface area is 285 Å². The number of aromatic nitrogens is 1. The molecule has 274 valence electrons. The quantitative estimate of drug-likeness (QED) is 0.0634. The highest BCUT2D eigenvalue weighted by Gasteiger charge is 2.23. The largest absolute Gasteiger partial charge is 0.397 e. The lowest BCUT2D eigenvalue weighted by atomic mass is 10.1. The summed E-state index contributed by atoms with van der Waals surface area (Å²) >= 11 is 0. The Morgan fingerprint density at radius 3 is 1.94 bits per heavy atom. The van der Waals surface area contributed by atoms with Gasteiger partial charge in [-0.15, -0.1) is 5.11 Å². The fraction of sp³-hybridized carbons (Fsp3) is 0.304. The Hall–Kier alpha value is -3.95. The molecule has 3 rings (SSSR count). The first-order valence-electron chi connectivity index (χ1n) is 13.2. The average molecular weight is 803 g/mol. The molecule has 0 fully saturated rings. The SMILES string of the molecule is Cc1c(C#N)c(NCCOS(=O)(=O)O)nc(NCCS(=O)(=O)CCOS(=O)(=O)O)c1N=Nc1cc(S(=O)(=O)O)c2cccc(S(=O)(=O)O)c2c1. The summed E-state index contributed by atoms with van der Waals surface area (Å²) in [5.41, 5.74) is -0.857. The Bertz CT molecular complexity index is 2430. The molecule has 3 aromatic rings. The van der Waals surface area contributed by atoms with E-state index in [1.54, 1.807) is 0 Å². The zero-order valence-electron chi connectivity index (χ0n) is 25.1. The van der Waals surface area contributed by atoms with Gasteiger partial charge in [0.25, 0.3) is 20.2 Å². The molecule has 27 heteroatoms. The molecule has 0 saturated carbocycles. The number of nitrogens with one attached hydrogen (secondary N) is 2. The van der Waals surface area contributed by atoms with Crippen LogP contribution in [0, 0.1) is 18.3 Å². The first kappa shape index (κ1) is 40.5. The number of sulfone groups is 1. The number of rotatable bonds is 17. The maximum Gasteiger partial charge on any atom is 0.397 e. The van der Waals surface area contributed by atoms with Crippen LogP contribution in [0.5, 0.6) is 0 Å². The lowest BCUT2D eigenvalue weighted by molar-refractivity contribution is 0.278. The van der Waals surface area contributed by atoms with Gasteiger partial charge in [-0.3, -0.25) is 18.2 Å². The van der Waals surface area contributed by atoms with E-state index in [1.807, 2.05) is 6.07 Å². The number of benzene rings is 2. The molecular weight excluding hydrogens is 777 g/mol. The number of hydrogen-bond acceptors (Lipinski definition) is 18. The van der Waals surface area contributed by atoms with Crippen LogP contribution in [0.25, 0.3) is 10.8 Å². The molecule has 0 radical (unpaired) electrons. The van der Waals surface area contributed by atoms with Gasteiger partial charge in [0.1, 0.15) is 27.4 Å². The topological polar surface area (TPSA) is 356 Å². The van der Waals surface area contributed by atoms with Crippen molar-refractivity contribution in [1.29, 1.82) is 5.26 Å². The second-order valence-electron chi connectivity index (χ2n) is 9.72. The molecule has 50 heavy (non-hydrogen) atoms. The highest BCUT2D eigenvalue weighted by atomic mass is 32.3. The highest BCUT2D eigenvalue weighted by Crippen LogP contribution is 2.37. The number of nitrogens with zero attached hydrogens (tertiary/aromatic N) is 4. The van der Waals surface area contributed by atoms with Crippen LogP contribution in [-0.4, -0.2) is 103 Å². The second-order valence-corrected chi connectivity index (χ2v) is 17.0. The van der Waals surface area contributed by atoms with E-state index in [0.29, 0.717) is 0 Å². The van der Waals surface area contributed by atoms with E-state index in [9.17, 15) is 56.5 Å². The van der Waals surface area contributed by atoms with Gasteiger partial charge >= 0.3 is 20.8 Å². The van der Waals surface area contributed by atoms with Gasteiger partial charge < -0.3 is 10.6 Å². The van der Waals surface area contributed by atoms with Crippen LogP contribution in [0.4, 0.5) is 23.0 Å². The third kappa shape index (κ3) is 11.6. The summed E-state index contributed by atoms with van der Waals surface area (Å²) < 4.78 is 161. The minimum absolute atomic E-state index is 0.00535. The van der Waals surface area contributed by atoms with E-state index >= 15 is 0 Å². The van der Waals surface area contributed by atoms with Gasteiger partial charge in [0.15, 0.2) is 15.7 Å². The molecule has 6 N–H and O–H groups in total. The molecule has 0 spiro atoms. The van der Waals surface area contributed by atoms with Crippen molar-refractivity contribution in [3.8, 4) is 6.07 Å². The minimum Gasteiger partial charge on any atom is -0.367 e. The fourth-order valence-corrected chi connectivity index (χ4v) is 7.20. The average Bonchev–Trinajstić information content (AvgIpc) is 2.96. The minimum atomic E-state index is -5.02. The van der Waals surface area contributed by atoms with E-state index in [4.69, 9.17) is 9.11 Å². The van der Waals surface area contributed by atoms with Gasteiger partial charge in [-0.25, -0.2) is 21.8 Å². The van der Waals surface area contributed by atoms with E-state index in [2.05, 4.69) is 34.2 Å². The van der Waals surface area contributed by atoms with E-state index in [-0.39, 0.29) is 45.8 Å². The first-order valence-corrected chi connectivity index (χ1v) is 20.6. The number of fused-ring (bicyclic) bond motifs is 1. The Balaban J connectivity index is 2.11. The molecule has 0 saturated heterocycles. The summed E-state index contributed by atoms with van der Waals surface area (Å²) in [6.45, 7) is -0.966. The lowest BCUT2D eigenvalue weighted by Gasteiger charge is -2.15. The van der Waals surface area contributed by atoms with Crippen molar-refractivity contribution < 1.29 is 68.7 Å². The third-order valence-corrected chi connectivity index (χ3v) is 10.6. The van der Waals surface area contributed by atoms with Crippen molar-refractivity contribution in [3.63, 3.8) is 0 Å². The fourth-order valence-electron chi connectivity index (χ4n) is 4.13. The zero-order valence-corrected chi connectivity index (χ0v) is 29.2. The number of pyridine rings is 1. The van der Waals surface area contributed by atoms with Crippen molar-refractivity contribution in [1.82, 2.24) is 4.98 Å². The van der Waals surface area contributed by atoms with Crippen LogP contribution in [-0.2, 0) is 59.2 Å². The predicted molar refractivity (Wildman–Crippen MR) is 172 cm³/mol. The molecule has 1 heterocycles. The zero-order chi connectivity index (χ0) is 37.7. The van der Waals surface area contributed by atoms with E-state index in [1.165, 1.54) is 6.92 Å². The van der Waals surface area contributed by atoms with Gasteiger partial charge in [-0.2, -0.15) is 44.0 Å². The maximum absolute atomic E-state index is 12.4. The molecule has 0 bridgehead atoms. The molecule has 0 unspecified atom stereocenters. The number of hydrogen-bond donors (Lipinski definition) is 6. The van der Waals surface area contributed by atoms with E-state index in [0.717, 1.165) is 30.3 Å². The van der Waals surface area contributed by atoms with Crippen LogP contribution in [0.1, 0.15) is 11.1 Å². The standard InChI is InChI=1S/C23H26N6O16S5/c1-14-18(13-24)22(25-5-7-44-49(38,39)40)27-23(26-6-9-46(30,31)10-8-45-50(41,42)43)21(14)29-28-15-11-17-16(20(12-15)48(35,36)37)3-2-4-19(17)47(32,33)34/h2-4,11-12H,5-10H2,1H3,(H2,25,26,27)(H,32,33,34)(H,35,36,37)(H,38,39,40)(H,41,42,43). The van der Waals surface area contributed by atoms with Crippen LogP contribution in [0.3, 0.4) is 0 Å². The second kappa shape index (κ2) is 15.5. The molecule has 0 aliphatic rings. The normalized spacial score (nSPS) is 13.0. The Morgan fingerprint density at radius 1 is 0.760 bits per heavy atom. The summed E-state index contributed by atoms with van der Waals surface area (Å²) in [5.74, 6) is -2.00. The van der Waals surface area contributed by atoms with Gasteiger partial charge in [0.05, 0.1) is 36.0 Å². The van der Waals surface area contributed by atoms with Gasteiger partial charge in [-0.1, -0.05) is 12.1 Å². The lowest BCUT2D eigenvalue weighted by Crippen LogP contribution is -2.22. The van der Waals surface area contributed by atoms with Crippen molar-refractivity contribution in [2.75, 3.05) is 48.4 Å².